The summed E-state index contributed by atoms with van der Waals surface area (Å²) in [5.41, 5.74) is 0.704. The maximum absolute atomic E-state index is 15.2. The van der Waals surface area contributed by atoms with Crippen molar-refractivity contribution in [2.45, 2.75) is 189 Å². The van der Waals surface area contributed by atoms with E-state index in [9.17, 15) is 38.4 Å². The number of rotatable bonds is 20. The van der Waals surface area contributed by atoms with Crippen LogP contribution in [0.15, 0.2) is 24.3 Å². The molecule has 22 heteroatoms. The summed E-state index contributed by atoms with van der Waals surface area (Å²) in [6.07, 6.45) is -0.223. The molecule has 0 unspecified atom stereocenters. The standard InChI is InChI=1S/C61H104N10O12/c1-24-39(10)50-53(73)62-40(11)54(74)69(20)47(32-35(2)3)52(72)63-45(34-43-27-29-44(82-23)30-28-43)57(77)65(16)31-25-26-46(58(78)66(17)42(13)56(76)71(50)22)68(19)59(79)48(33-36(4)5)70(21)55(75)41(12)67(18)60(80)51(38(8)9)83-61(81)49(37(6)7)64(14)15/h27-30,35-42,45-51H,24-26,31-34H2,1-23H3,(H,62,73)(H,63,72)/t39-,40-,41-,42-,45-,46-,47-,48-,49-,50-,51+/m0/s1. The van der Waals surface area contributed by atoms with Gasteiger partial charge < -0.3 is 54.4 Å². The van der Waals surface area contributed by atoms with Gasteiger partial charge in [-0.1, -0.05) is 87.8 Å². The summed E-state index contributed by atoms with van der Waals surface area (Å²) in [6.45, 7) is 23.1. The molecule has 0 aromatic heterocycles. The maximum atomic E-state index is 15.2. The van der Waals surface area contributed by atoms with Crippen LogP contribution < -0.4 is 15.4 Å². The third-order valence-corrected chi connectivity index (χ3v) is 16.3. The van der Waals surface area contributed by atoms with Crippen LogP contribution in [0.25, 0.3) is 0 Å². The van der Waals surface area contributed by atoms with Gasteiger partial charge in [0.1, 0.15) is 60.1 Å². The molecule has 1 heterocycles. The minimum Gasteiger partial charge on any atom is -0.497 e. The van der Waals surface area contributed by atoms with Crippen LogP contribution in [-0.2, 0) is 59.1 Å². The first-order valence-corrected chi connectivity index (χ1v) is 29.4. The fourth-order valence-electron chi connectivity index (χ4n) is 10.6. The van der Waals surface area contributed by atoms with Crippen molar-refractivity contribution in [3.63, 3.8) is 0 Å². The van der Waals surface area contributed by atoms with Gasteiger partial charge in [0.2, 0.25) is 47.3 Å². The molecule has 11 atom stereocenters. The molecular weight excluding hydrogens is 1060 g/mol. The van der Waals surface area contributed by atoms with E-state index in [-0.39, 0.29) is 56.4 Å². The molecule has 83 heavy (non-hydrogen) atoms. The quantitative estimate of drug-likeness (QED) is 0.177. The average Bonchev–Trinajstić information content (AvgIpc) is 3.64. The zero-order valence-electron chi connectivity index (χ0n) is 54.4. The van der Waals surface area contributed by atoms with Crippen LogP contribution in [0.5, 0.6) is 5.75 Å². The van der Waals surface area contributed by atoms with Crippen LogP contribution in [0.2, 0.25) is 0 Å². The number of carbonyl (C=O) groups excluding carboxylic acids is 10. The van der Waals surface area contributed by atoms with E-state index >= 15 is 9.59 Å². The molecule has 1 aromatic carbocycles. The Morgan fingerprint density at radius 1 is 0.675 bits per heavy atom. The highest BCUT2D eigenvalue weighted by molar-refractivity contribution is 5.98. The molecule has 0 aliphatic carbocycles. The molecule has 9 amide bonds. The zero-order chi connectivity index (χ0) is 63.8. The molecule has 1 saturated heterocycles. The highest BCUT2D eigenvalue weighted by Gasteiger charge is 2.44. The average molecular weight is 1170 g/mol. The van der Waals surface area contributed by atoms with Crippen molar-refractivity contribution < 1.29 is 57.4 Å². The van der Waals surface area contributed by atoms with Gasteiger partial charge in [-0.05, 0) is 108 Å². The number of likely N-dealkylation sites (N-methyl/N-ethyl adjacent to an activating group) is 8. The Labute approximate surface area is 496 Å². The summed E-state index contributed by atoms with van der Waals surface area (Å²) in [5.74, 6) is -6.51. The van der Waals surface area contributed by atoms with E-state index in [2.05, 4.69) is 10.6 Å². The lowest BCUT2D eigenvalue weighted by Gasteiger charge is -2.40. The number of methoxy groups -OCH3 is 1. The monoisotopic (exact) mass is 1170 g/mol. The Morgan fingerprint density at radius 2 is 1.25 bits per heavy atom. The molecule has 2 N–H and O–H groups in total. The van der Waals surface area contributed by atoms with E-state index in [1.165, 1.54) is 104 Å². The third-order valence-electron chi connectivity index (χ3n) is 16.3. The number of nitrogens with zero attached hydrogens (tertiary/aromatic N) is 8. The van der Waals surface area contributed by atoms with Crippen LogP contribution in [0, 0.1) is 29.6 Å². The molecule has 0 saturated carbocycles. The van der Waals surface area contributed by atoms with Crippen molar-refractivity contribution in [1.29, 1.82) is 0 Å². The summed E-state index contributed by atoms with van der Waals surface area (Å²) in [5, 5.41) is 5.75. The summed E-state index contributed by atoms with van der Waals surface area (Å²) in [4.78, 5) is 156. The SMILES string of the molecule is CC[C@H](C)[C@H]1C(=O)N[C@@H](C)C(=O)N(C)[C@@H](CC(C)C)C(=O)N[C@@H](Cc2ccc(OC)cc2)C(=O)N(C)CCC[C@H](N(C)C(=O)[C@H](CC(C)C)N(C)C(=O)[C@H](C)N(C)C(=O)[C@H](OC(=O)[C@H](C(C)C)N(C)C)C(C)C)C(=O)N(C)[C@@H](C)C(=O)N1C. The third kappa shape index (κ3) is 19.4. The van der Waals surface area contributed by atoms with Crippen molar-refractivity contribution in [3.8, 4) is 5.75 Å². The van der Waals surface area contributed by atoms with Crippen LogP contribution >= 0.6 is 0 Å². The Kier molecular flexibility index (Phi) is 28.6. The van der Waals surface area contributed by atoms with Gasteiger partial charge in [0.25, 0.3) is 5.91 Å². The number of ether oxygens (including phenoxy) is 2. The van der Waals surface area contributed by atoms with Gasteiger partial charge in [-0.25, -0.2) is 0 Å². The first-order chi connectivity index (χ1) is 38.5. The van der Waals surface area contributed by atoms with E-state index in [4.69, 9.17) is 9.47 Å². The summed E-state index contributed by atoms with van der Waals surface area (Å²) in [7, 11) is 15.3. The van der Waals surface area contributed by atoms with E-state index in [0.717, 1.165) is 0 Å². The second-order valence-corrected chi connectivity index (χ2v) is 24.7. The molecule has 0 spiro atoms. The molecule has 1 aliphatic rings. The lowest BCUT2D eigenvalue weighted by molar-refractivity contribution is -0.169. The van der Waals surface area contributed by atoms with Gasteiger partial charge >= 0.3 is 5.97 Å². The van der Waals surface area contributed by atoms with Gasteiger partial charge in [0, 0.05) is 62.3 Å². The fraction of sp³-hybridized carbons (Fsp3) is 0.738. The molecule has 1 fully saturated rings. The summed E-state index contributed by atoms with van der Waals surface area (Å²) in [6, 6.07) is -2.79. The zero-order valence-corrected chi connectivity index (χ0v) is 54.4. The smallest absolute Gasteiger partial charge is 0.324 e. The number of hydrogen-bond acceptors (Lipinski definition) is 13. The number of amides is 9. The number of nitrogens with one attached hydrogen (secondary N) is 2. The van der Waals surface area contributed by atoms with Crippen molar-refractivity contribution >= 4 is 59.1 Å². The molecule has 470 valence electrons. The van der Waals surface area contributed by atoms with Gasteiger partial charge in [0.15, 0.2) is 6.10 Å². The Hall–Kier alpha value is -6.32. The first kappa shape index (κ1) is 72.8. The largest absolute Gasteiger partial charge is 0.497 e. The fourth-order valence-corrected chi connectivity index (χ4v) is 10.6. The minimum atomic E-state index is -1.27. The normalized spacial score (nSPS) is 22.5. The van der Waals surface area contributed by atoms with Gasteiger partial charge in [0.05, 0.1) is 7.11 Å². The molecule has 0 bridgehead atoms. The van der Waals surface area contributed by atoms with E-state index < -0.39 is 131 Å². The van der Waals surface area contributed by atoms with E-state index in [1.54, 1.807) is 71.1 Å². The Bertz CT molecular complexity index is 2370. The molecule has 0 radical (unpaired) electrons. The van der Waals surface area contributed by atoms with Gasteiger partial charge in [-0.2, -0.15) is 0 Å². The second kappa shape index (κ2) is 32.7. The van der Waals surface area contributed by atoms with Crippen LogP contribution in [0.1, 0.15) is 128 Å². The van der Waals surface area contributed by atoms with Crippen molar-refractivity contribution in [3.05, 3.63) is 29.8 Å². The van der Waals surface area contributed by atoms with Crippen molar-refractivity contribution in [1.82, 2.24) is 49.8 Å². The lowest BCUT2D eigenvalue weighted by Crippen LogP contribution is -2.61. The predicted molar refractivity (Wildman–Crippen MR) is 319 cm³/mol. The van der Waals surface area contributed by atoms with Gasteiger partial charge in [-0.3, -0.25) is 52.8 Å². The van der Waals surface area contributed by atoms with Crippen LogP contribution in [0.3, 0.4) is 0 Å². The van der Waals surface area contributed by atoms with Crippen molar-refractivity contribution in [2.24, 2.45) is 29.6 Å². The van der Waals surface area contributed by atoms with Crippen molar-refractivity contribution in [2.75, 3.05) is 77.1 Å². The summed E-state index contributed by atoms with van der Waals surface area (Å²) < 4.78 is 11.2. The molecule has 1 aromatic rings. The molecule has 22 nitrogen and oxygen atoms in total. The van der Waals surface area contributed by atoms with E-state index in [0.29, 0.717) is 17.7 Å². The minimum absolute atomic E-state index is 0.0328. The highest BCUT2D eigenvalue weighted by Crippen LogP contribution is 2.24. The molecule has 2 rings (SSSR count). The molecular formula is C61H104N10O12. The Balaban J connectivity index is 2.81. The predicted octanol–water partition coefficient (Wildman–Crippen LogP) is 3.77. The number of hydrogen-bond donors (Lipinski definition) is 2. The number of benzene rings is 1. The number of esters is 1. The van der Waals surface area contributed by atoms with E-state index in [1.807, 2.05) is 48.5 Å². The van der Waals surface area contributed by atoms with Crippen LogP contribution in [-0.4, -0.2) is 236 Å². The van der Waals surface area contributed by atoms with Gasteiger partial charge in [-0.15, -0.1) is 0 Å². The highest BCUT2D eigenvalue weighted by atomic mass is 16.6. The van der Waals surface area contributed by atoms with Crippen LogP contribution in [0.4, 0.5) is 0 Å². The summed E-state index contributed by atoms with van der Waals surface area (Å²) >= 11 is 0. The lowest BCUT2D eigenvalue weighted by atomic mass is 9.95. The maximum Gasteiger partial charge on any atom is 0.324 e. The second-order valence-electron chi connectivity index (χ2n) is 24.7. The number of carbonyl (C=O) groups is 10. The molecule has 1 aliphatic heterocycles. The topological polar surface area (TPSA) is 239 Å². The first-order valence-electron chi connectivity index (χ1n) is 29.4. The Morgan fingerprint density at radius 3 is 1.75 bits per heavy atom.